The van der Waals surface area contributed by atoms with Crippen LogP contribution in [0.5, 0.6) is 0 Å². The molecule has 0 aliphatic heterocycles. The standard InChI is InChI=1S/C12H20F3NO2/c1-11(2,3)18-10(17)8-5-4-7(16)6-9(8)12(13,14)15/h7-9H,4-6,16H2,1-3H3. The van der Waals surface area contributed by atoms with Crippen LogP contribution in [0.4, 0.5) is 13.2 Å². The lowest BCUT2D eigenvalue weighted by Crippen LogP contribution is -2.45. The first-order chi connectivity index (χ1) is 8.00. The Morgan fingerprint density at radius 2 is 1.78 bits per heavy atom. The van der Waals surface area contributed by atoms with E-state index in [9.17, 15) is 18.0 Å². The number of carbonyl (C=O) groups is 1. The maximum Gasteiger partial charge on any atom is 0.392 e. The highest BCUT2D eigenvalue weighted by Gasteiger charge is 2.50. The molecule has 0 heterocycles. The molecule has 18 heavy (non-hydrogen) atoms. The summed E-state index contributed by atoms with van der Waals surface area (Å²) in [6.07, 6.45) is -4.04. The monoisotopic (exact) mass is 267 g/mol. The molecule has 1 aliphatic rings. The maximum atomic E-state index is 12.9. The van der Waals surface area contributed by atoms with Gasteiger partial charge in [0.25, 0.3) is 0 Å². The molecule has 2 N–H and O–H groups in total. The van der Waals surface area contributed by atoms with Crippen molar-refractivity contribution in [3.63, 3.8) is 0 Å². The van der Waals surface area contributed by atoms with E-state index in [0.29, 0.717) is 6.42 Å². The zero-order chi connectivity index (χ0) is 14.1. The fourth-order valence-electron chi connectivity index (χ4n) is 2.22. The van der Waals surface area contributed by atoms with Crippen molar-refractivity contribution < 1.29 is 22.7 Å². The van der Waals surface area contributed by atoms with Crippen molar-refractivity contribution in [1.82, 2.24) is 0 Å². The predicted molar refractivity (Wildman–Crippen MR) is 60.7 cm³/mol. The average Bonchev–Trinajstić information content (AvgIpc) is 2.13. The molecule has 0 bridgehead atoms. The van der Waals surface area contributed by atoms with E-state index in [1.807, 2.05) is 0 Å². The van der Waals surface area contributed by atoms with Gasteiger partial charge in [0.1, 0.15) is 5.60 Å². The minimum absolute atomic E-state index is 0.139. The van der Waals surface area contributed by atoms with Gasteiger partial charge in [-0.3, -0.25) is 4.79 Å². The molecular formula is C12H20F3NO2. The second-order valence-electron chi connectivity index (χ2n) is 5.86. The lowest BCUT2D eigenvalue weighted by atomic mass is 9.76. The predicted octanol–water partition coefficient (Wildman–Crippen LogP) is 2.63. The lowest BCUT2D eigenvalue weighted by molar-refractivity contribution is -0.209. The number of carbonyl (C=O) groups excluding carboxylic acids is 1. The van der Waals surface area contributed by atoms with Crippen LogP contribution < -0.4 is 5.73 Å². The molecule has 0 spiro atoms. The van der Waals surface area contributed by atoms with Crippen LogP contribution in [0.15, 0.2) is 0 Å². The zero-order valence-electron chi connectivity index (χ0n) is 10.9. The number of ether oxygens (including phenoxy) is 1. The van der Waals surface area contributed by atoms with E-state index in [0.717, 1.165) is 0 Å². The number of hydrogen-bond acceptors (Lipinski definition) is 3. The van der Waals surface area contributed by atoms with Crippen LogP contribution in [0.2, 0.25) is 0 Å². The Bertz CT molecular complexity index is 309. The van der Waals surface area contributed by atoms with Crippen LogP contribution in [0.25, 0.3) is 0 Å². The third-order valence-corrected chi connectivity index (χ3v) is 3.02. The number of esters is 1. The number of halogens is 3. The fourth-order valence-corrected chi connectivity index (χ4v) is 2.22. The zero-order valence-corrected chi connectivity index (χ0v) is 10.9. The molecule has 0 aromatic carbocycles. The van der Waals surface area contributed by atoms with Gasteiger partial charge < -0.3 is 10.5 Å². The normalized spacial score (nSPS) is 30.1. The van der Waals surface area contributed by atoms with Crippen molar-refractivity contribution in [2.75, 3.05) is 0 Å². The molecule has 0 amide bonds. The van der Waals surface area contributed by atoms with Gasteiger partial charge in [-0.2, -0.15) is 13.2 Å². The van der Waals surface area contributed by atoms with Crippen LogP contribution in [0.3, 0.4) is 0 Å². The van der Waals surface area contributed by atoms with E-state index in [4.69, 9.17) is 10.5 Å². The Hall–Kier alpha value is -0.780. The SMILES string of the molecule is CC(C)(C)OC(=O)C1CCC(N)CC1C(F)(F)F. The number of nitrogens with two attached hydrogens (primary N) is 1. The number of alkyl halides is 3. The van der Waals surface area contributed by atoms with Gasteiger partial charge in [-0.05, 0) is 40.0 Å². The molecule has 0 aromatic heterocycles. The van der Waals surface area contributed by atoms with Gasteiger partial charge in [-0.1, -0.05) is 0 Å². The molecule has 0 saturated heterocycles. The molecule has 106 valence electrons. The van der Waals surface area contributed by atoms with E-state index < -0.39 is 35.6 Å². The van der Waals surface area contributed by atoms with Gasteiger partial charge in [0.2, 0.25) is 0 Å². The minimum atomic E-state index is -4.40. The third-order valence-electron chi connectivity index (χ3n) is 3.02. The lowest BCUT2D eigenvalue weighted by Gasteiger charge is -2.35. The highest BCUT2D eigenvalue weighted by atomic mass is 19.4. The van der Waals surface area contributed by atoms with E-state index in [2.05, 4.69) is 0 Å². The van der Waals surface area contributed by atoms with Crippen LogP contribution in [-0.4, -0.2) is 23.8 Å². The first-order valence-electron chi connectivity index (χ1n) is 6.06. The summed E-state index contributed by atoms with van der Waals surface area (Å²) in [6.45, 7) is 4.92. The van der Waals surface area contributed by atoms with Crippen molar-refractivity contribution >= 4 is 5.97 Å². The second kappa shape index (κ2) is 5.07. The van der Waals surface area contributed by atoms with Crippen molar-refractivity contribution in [3.05, 3.63) is 0 Å². The topological polar surface area (TPSA) is 52.3 Å². The van der Waals surface area contributed by atoms with E-state index in [-0.39, 0.29) is 12.8 Å². The molecule has 3 unspecified atom stereocenters. The first kappa shape index (κ1) is 15.3. The highest BCUT2D eigenvalue weighted by molar-refractivity contribution is 5.73. The van der Waals surface area contributed by atoms with Gasteiger partial charge in [0.15, 0.2) is 0 Å². The van der Waals surface area contributed by atoms with Gasteiger partial charge >= 0.3 is 12.1 Å². The van der Waals surface area contributed by atoms with Crippen molar-refractivity contribution in [2.24, 2.45) is 17.6 Å². The number of hydrogen-bond donors (Lipinski definition) is 1. The summed E-state index contributed by atoms with van der Waals surface area (Å²) in [6, 6.07) is -0.490. The molecule has 1 saturated carbocycles. The molecule has 1 fully saturated rings. The Morgan fingerprint density at radius 3 is 2.22 bits per heavy atom. The minimum Gasteiger partial charge on any atom is -0.460 e. The Kier molecular flexibility index (Phi) is 4.30. The van der Waals surface area contributed by atoms with Gasteiger partial charge in [-0.15, -0.1) is 0 Å². The molecule has 0 aromatic rings. The van der Waals surface area contributed by atoms with E-state index >= 15 is 0 Å². The Balaban J connectivity index is 2.81. The molecule has 6 heteroatoms. The van der Waals surface area contributed by atoms with Gasteiger partial charge in [0.05, 0.1) is 11.8 Å². The first-order valence-corrected chi connectivity index (χ1v) is 6.06. The summed E-state index contributed by atoms with van der Waals surface area (Å²) in [5, 5.41) is 0. The summed E-state index contributed by atoms with van der Waals surface area (Å²) >= 11 is 0. The maximum absolute atomic E-state index is 12.9. The third kappa shape index (κ3) is 4.15. The summed E-state index contributed by atoms with van der Waals surface area (Å²) < 4.78 is 43.7. The molecular weight excluding hydrogens is 247 g/mol. The summed E-state index contributed by atoms with van der Waals surface area (Å²) in [5.74, 6) is -3.57. The molecule has 1 aliphatic carbocycles. The van der Waals surface area contributed by atoms with Crippen molar-refractivity contribution in [3.8, 4) is 0 Å². The fraction of sp³-hybridized carbons (Fsp3) is 0.917. The van der Waals surface area contributed by atoms with Gasteiger partial charge in [-0.25, -0.2) is 0 Å². The van der Waals surface area contributed by atoms with Crippen LogP contribution >= 0.6 is 0 Å². The molecule has 0 radical (unpaired) electrons. The quantitative estimate of drug-likeness (QED) is 0.743. The average molecular weight is 267 g/mol. The van der Waals surface area contributed by atoms with E-state index in [1.54, 1.807) is 20.8 Å². The summed E-state index contributed by atoms with van der Waals surface area (Å²) in [4.78, 5) is 11.8. The highest BCUT2D eigenvalue weighted by Crippen LogP contribution is 2.42. The second-order valence-corrected chi connectivity index (χ2v) is 5.86. The number of rotatable bonds is 1. The molecule has 3 atom stereocenters. The van der Waals surface area contributed by atoms with Crippen molar-refractivity contribution in [1.29, 1.82) is 0 Å². The van der Waals surface area contributed by atoms with Crippen LogP contribution in [0, 0.1) is 11.8 Å². The van der Waals surface area contributed by atoms with Crippen LogP contribution in [0.1, 0.15) is 40.0 Å². The summed E-state index contributed by atoms with van der Waals surface area (Å²) in [5.41, 5.74) is 4.79. The van der Waals surface area contributed by atoms with Gasteiger partial charge in [0, 0.05) is 6.04 Å². The molecule has 1 rings (SSSR count). The smallest absolute Gasteiger partial charge is 0.392 e. The summed E-state index contributed by atoms with van der Waals surface area (Å²) in [7, 11) is 0. The Morgan fingerprint density at radius 1 is 1.22 bits per heavy atom. The van der Waals surface area contributed by atoms with Crippen LogP contribution in [-0.2, 0) is 9.53 Å². The largest absolute Gasteiger partial charge is 0.460 e. The molecule has 3 nitrogen and oxygen atoms in total. The Labute approximate surface area is 105 Å². The van der Waals surface area contributed by atoms with Crippen molar-refractivity contribution in [2.45, 2.75) is 57.9 Å². The van der Waals surface area contributed by atoms with E-state index in [1.165, 1.54) is 0 Å².